The van der Waals surface area contributed by atoms with Crippen LogP contribution in [0.25, 0.3) is 0 Å². The first-order chi connectivity index (χ1) is 14.2. The minimum atomic E-state index is -2.94. The van der Waals surface area contributed by atoms with Gasteiger partial charge in [-0.3, -0.25) is 14.5 Å². The summed E-state index contributed by atoms with van der Waals surface area (Å²) in [5.74, 6) is -1.04. The maximum absolute atomic E-state index is 12.7. The van der Waals surface area contributed by atoms with Crippen LogP contribution < -0.4 is 15.4 Å². The van der Waals surface area contributed by atoms with Gasteiger partial charge in [0.15, 0.2) is 0 Å². The number of halogens is 2. The van der Waals surface area contributed by atoms with Crippen molar-refractivity contribution in [3.8, 4) is 5.75 Å². The van der Waals surface area contributed by atoms with Crippen LogP contribution in [0.1, 0.15) is 31.0 Å². The first kappa shape index (κ1) is 21.2. The van der Waals surface area contributed by atoms with Crippen LogP contribution in [0, 0.1) is 0 Å². The summed E-state index contributed by atoms with van der Waals surface area (Å²) in [6.45, 7) is -0.264. The number of carbonyl (C=O) groups is 3. The maximum atomic E-state index is 12.7. The molecule has 0 spiro atoms. The Balaban J connectivity index is 1.79. The fourth-order valence-corrected chi connectivity index (χ4v) is 3.16. The molecule has 3 rings (SSSR count). The second-order valence-electron chi connectivity index (χ2n) is 7.31. The van der Waals surface area contributed by atoms with E-state index in [-0.39, 0.29) is 5.75 Å². The van der Waals surface area contributed by atoms with Crippen LogP contribution in [0.2, 0.25) is 0 Å². The molecule has 30 heavy (non-hydrogen) atoms. The molecule has 2 aromatic carbocycles. The molecule has 0 unspecified atom stereocenters. The number of carbonyl (C=O) groups excluding carboxylic acids is 3. The van der Waals surface area contributed by atoms with E-state index in [2.05, 4.69) is 15.4 Å². The van der Waals surface area contributed by atoms with Crippen molar-refractivity contribution < 1.29 is 27.9 Å². The van der Waals surface area contributed by atoms with E-state index in [0.717, 1.165) is 10.5 Å². The fourth-order valence-electron chi connectivity index (χ4n) is 3.16. The summed E-state index contributed by atoms with van der Waals surface area (Å²) in [7, 11) is 0. The summed E-state index contributed by atoms with van der Waals surface area (Å²) < 4.78 is 29.1. The van der Waals surface area contributed by atoms with Gasteiger partial charge < -0.3 is 15.4 Å². The summed E-state index contributed by atoms with van der Waals surface area (Å²) in [5, 5.41) is 5.32. The minimum Gasteiger partial charge on any atom is -0.435 e. The normalized spacial score (nSPS) is 16.4. The molecule has 0 radical (unpaired) electrons. The van der Waals surface area contributed by atoms with E-state index in [1.165, 1.54) is 12.1 Å². The van der Waals surface area contributed by atoms with Crippen LogP contribution in [-0.4, -0.2) is 41.4 Å². The topological polar surface area (TPSA) is 87.7 Å². The van der Waals surface area contributed by atoms with E-state index in [0.29, 0.717) is 5.56 Å². The molecule has 2 aromatic rings. The van der Waals surface area contributed by atoms with Gasteiger partial charge in [0.25, 0.3) is 5.91 Å². The lowest BCUT2D eigenvalue weighted by atomic mass is 9.98. The first-order valence-corrected chi connectivity index (χ1v) is 9.20. The molecule has 9 heteroatoms. The van der Waals surface area contributed by atoms with Gasteiger partial charge in [-0.1, -0.05) is 42.5 Å². The average molecular weight is 417 g/mol. The van der Waals surface area contributed by atoms with Crippen molar-refractivity contribution in [3.05, 3.63) is 65.7 Å². The molecule has 1 saturated heterocycles. The SMILES string of the molecule is CC1(C)NC(=O)N(CC(=O)N[C@@H](c2ccccc2)c2ccc(OC(F)F)cc2)C1=O. The minimum absolute atomic E-state index is 0.00606. The van der Waals surface area contributed by atoms with Crippen molar-refractivity contribution >= 4 is 17.8 Å². The molecule has 1 fully saturated rings. The molecular formula is C21H21F2N3O4. The number of ether oxygens (including phenoxy) is 1. The van der Waals surface area contributed by atoms with Crippen LogP contribution in [0.5, 0.6) is 5.75 Å². The second kappa shape index (κ2) is 8.48. The lowest BCUT2D eigenvalue weighted by Gasteiger charge is -2.22. The van der Waals surface area contributed by atoms with E-state index in [1.54, 1.807) is 50.2 Å². The molecular weight excluding hydrogens is 396 g/mol. The highest BCUT2D eigenvalue weighted by Gasteiger charge is 2.45. The summed E-state index contributed by atoms with van der Waals surface area (Å²) in [6.07, 6.45) is 0. The Morgan fingerprint density at radius 1 is 1.07 bits per heavy atom. The Morgan fingerprint density at radius 2 is 1.67 bits per heavy atom. The smallest absolute Gasteiger partial charge is 0.387 e. The molecule has 0 aliphatic carbocycles. The zero-order valence-electron chi connectivity index (χ0n) is 16.4. The summed E-state index contributed by atoms with van der Waals surface area (Å²) >= 11 is 0. The third-order valence-electron chi connectivity index (χ3n) is 4.62. The zero-order chi connectivity index (χ0) is 21.9. The predicted molar refractivity (Wildman–Crippen MR) is 104 cm³/mol. The third-order valence-corrected chi connectivity index (χ3v) is 4.62. The van der Waals surface area contributed by atoms with Crippen LogP contribution in [0.4, 0.5) is 13.6 Å². The van der Waals surface area contributed by atoms with E-state index >= 15 is 0 Å². The van der Waals surface area contributed by atoms with Gasteiger partial charge in [0.05, 0.1) is 6.04 Å². The molecule has 1 atom stereocenters. The van der Waals surface area contributed by atoms with Crippen LogP contribution in [-0.2, 0) is 9.59 Å². The second-order valence-corrected chi connectivity index (χ2v) is 7.31. The number of urea groups is 1. The van der Waals surface area contributed by atoms with Crippen molar-refractivity contribution in [1.29, 1.82) is 0 Å². The Morgan fingerprint density at radius 3 is 2.20 bits per heavy atom. The molecule has 0 saturated carbocycles. The lowest BCUT2D eigenvalue weighted by Crippen LogP contribution is -2.43. The van der Waals surface area contributed by atoms with Gasteiger partial charge in [-0.25, -0.2) is 4.79 Å². The number of amides is 4. The monoisotopic (exact) mass is 417 g/mol. The Hall–Kier alpha value is -3.49. The molecule has 1 heterocycles. The van der Waals surface area contributed by atoms with E-state index in [9.17, 15) is 23.2 Å². The van der Waals surface area contributed by atoms with Crippen LogP contribution in [0.3, 0.4) is 0 Å². The van der Waals surface area contributed by atoms with Crippen molar-refractivity contribution in [2.75, 3.05) is 6.54 Å². The molecule has 1 aliphatic heterocycles. The highest BCUT2D eigenvalue weighted by Crippen LogP contribution is 2.25. The zero-order valence-corrected chi connectivity index (χ0v) is 16.4. The lowest BCUT2D eigenvalue weighted by molar-refractivity contribution is -0.134. The van der Waals surface area contributed by atoms with Crippen molar-refractivity contribution in [2.45, 2.75) is 32.0 Å². The van der Waals surface area contributed by atoms with Crippen molar-refractivity contribution in [3.63, 3.8) is 0 Å². The quantitative estimate of drug-likeness (QED) is 0.679. The van der Waals surface area contributed by atoms with Crippen LogP contribution in [0.15, 0.2) is 54.6 Å². The van der Waals surface area contributed by atoms with Gasteiger partial charge in [-0.15, -0.1) is 0 Å². The largest absolute Gasteiger partial charge is 0.435 e. The number of imide groups is 1. The third kappa shape index (κ3) is 4.73. The number of nitrogens with one attached hydrogen (secondary N) is 2. The fraction of sp³-hybridized carbons (Fsp3) is 0.286. The van der Waals surface area contributed by atoms with Crippen LogP contribution >= 0.6 is 0 Å². The summed E-state index contributed by atoms with van der Waals surface area (Å²) in [4.78, 5) is 37.9. The van der Waals surface area contributed by atoms with E-state index in [1.807, 2.05) is 6.07 Å². The number of hydrogen-bond donors (Lipinski definition) is 2. The number of benzene rings is 2. The van der Waals surface area contributed by atoms with Gasteiger partial charge in [0.1, 0.15) is 17.8 Å². The molecule has 4 amide bonds. The predicted octanol–water partition coefficient (Wildman–Crippen LogP) is 2.82. The van der Waals surface area contributed by atoms with E-state index < -0.39 is 42.6 Å². The molecule has 7 nitrogen and oxygen atoms in total. The van der Waals surface area contributed by atoms with Gasteiger partial charge in [-0.05, 0) is 37.1 Å². The molecule has 2 N–H and O–H groups in total. The van der Waals surface area contributed by atoms with Gasteiger partial charge in [-0.2, -0.15) is 8.78 Å². The number of nitrogens with zero attached hydrogens (tertiary/aromatic N) is 1. The van der Waals surface area contributed by atoms with Gasteiger partial charge in [0.2, 0.25) is 5.91 Å². The Bertz CT molecular complexity index is 933. The molecule has 1 aliphatic rings. The number of alkyl halides is 2. The maximum Gasteiger partial charge on any atom is 0.387 e. The van der Waals surface area contributed by atoms with E-state index in [4.69, 9.17) is 0 Å². The summed E-state index contributed by atoms with van der Waals surface area (Å²) in [5.41, 5.74) is 0.288. The standard InChI is InChI=1S/C21H21F2N3O4/c1-21(2)18(28)26(20(29)25-21)12-16(27)24-17(13-6-4-3-5-7-13)14-8-10-15(11-9-14)30-19(22)23/h3-11,17,19H,12H2,1-2H3,(H,24,27)(H,25,29)/t17-/m0/s1. The molecule has 158 valence electrons. The number of rotatable bonds is 7. The molecule has 0 aromatic heterocycles. The number of hydrogen-bond acceptors (Lipinski definition) is 4. The Labute approximate surface area is 172 Å². The van der Waals surface area contributed by atoms with Gasteiger partial charge >= 0.3 is 12.6 Å². The molecule has 0 bridgehead atoms. The first-order valence-electron chi connectivity index (χ1n) is 9.20. The highest BCUT2D eigenvalue weighted by atomic mass is 19.3. The van der Waals surface area contributed by atoms with Crippen molar-refractivity contribution in [2.24, 2.45) is 0 Å². The van der Waals surface area contributed by atoms with Crippen molar-refractivity contribution in [1.82, 2.24) is 15.5 Å². The summed E-state index contributed by atoms with van der Waals surface area (Å²) in [6, 6.07) is 13.6. The Kier molecular flexibility index (Phi) is 6.00. The average Bonchev–Trinajstić information content (AvgIpc) is 2.89. The highest BCUT2D eigenvalue weighted by molar-refractivity contribution is 6.08. The van der Waals surface area contributed by atoms with Gasteiger partial charge in [0, 0.05) is 0 Å².